The van der Waals surface area contributed by atoms with Crippen molar-refractivity contribution in [3.05, 3.63) is 42.6 Å². The van der Waals surface area contributed by atoms with Crippen LogP contribution in [0.25, 0.3) is 0 Å². The molecule has 2 aromatic rings. The SMILES string of the molecule is CCCOc1ccc(OCC(=O)Nc2ccc(N3CCOCC3)cn2)cc1. The summed E-state index contributed by atoms with van der Waals surface area (Å²) in [5.41, 5.74) is 1.03. The second-order valence-electron chi connectivity index (χ2n) is 6.16. The molecular formula is C20H25N3O4. The highest BCUT2D eigenvalue weighted by Crippen LogP contribution is 2.18. The number of anilines is 2. The van der Waals surface area contributed by atoms with E-state index in [4.69, 9.17) is 14.2 Å². The number of rotatable bonds is 8. The number of amides is 1. The lowest BCUT2D eigenvalue weighted by molar-refractivity contribution is -0.118. The Kier molecular flexibility index (Phi) is 6.87. The molecular weight excluding hydrogens is 346 g/mol. The molecule has 0 atom stereocenters. The highest BCUT2D eigenvalue weighted by Gasteiger charge is 2.12. The summed E-state index contributed by atoms with van der Waals surface area (Å²) in [6.07, 6.45) is 2.72. The first-order chi connectivity index (χ1) is 13.2. The van der Waals surface area contributed by atoms with Crippen molar-refractivity contribution >= 4 is 17.4 Å². The van der Waals surface area contributed by atoms with E-state index in [0.29, 0.717) is 18.2 Å². The quantitative estimate of drug-likeness (QED) is 0.769. The first-order valence-electron chi connectivity index (χ1n) is 9.19. The summed E-state index contributed by atoms with van der Waals surface area (Å²) >= 11 is 0. The van der Waals surface area contributed by atoms with Crippen LogP contribution in [0.15, 0.2) is 42.6 Å². The molecule has 0 radical (unpaired) electrons. The minimum absolute atomic E-state index is 0.0813. The van der Waals surface area contributed by atoms with Gasteiger partial charge in [-0.2, -0.15) is 0 Å². The standard InChI is InChI=1S/C20H25N3O4/c1-2-11-26-17-4-6-18(7-5-17)27-15-20(24)22-19-8-3-16(14-21-19)23-9-12-25-13-10-23/h3-8,14H,2,9-13,15H2,1H3,(H,21,22,24). The number of morpholine rings is 1. The van der Waals surface area contributed by atoms with E-state index in [1.54, 1.807) is 24.4 Å². The topological polar surface area (TPSA) is 72.9 Å². The zero-order valence-electron chi connectivity index (χ0n) is 15.5. The molecule has 0 spiro atoms. The van der Waals surface area contributed by atoms with Crippen LogP contribution in [-0.4, -0.2) is 50.4 Å². The highest BCUT2D eigenvalue weighted by molar-refractivity contribution is 5.91. The van der Waals surface area contributed by atoms with Crippen LogP contribution in [0.2, 0.25) is 0 Å². The Bertz CT molecular complexity index is 713. The van der Waals surface area contributed by atoms with Crippen LogP contribution >= 0.6 is 0 Å². The summed E-state index contributed by atoms with van der Waals surface area (Å²) < 4.78 is 16.4. The predicted octanol–water partition coefficient (Wildman–Crippen LogP) is 2.72. The van der Waals surface area contributed by atoms with Crippen molar-refractivity contribution in [1.29, 1.82) is 0 Å². The Balaban J connectivity index is 1.44. The molecule has 0 unspecified atom stereocenters. The van der Waals surface area contributed by atoms with E-state index in [0.717, 1.165) is 44.2 Å². The van der Waals surface area contributed by atoms with Crippen molar-refractivity contribution in [2.75, 3.05) is 49.7 Å². The van der Waals surface area contributed by atoms with E-state index >= 15 is 0 Å². The number of nitrogens with one attached hydrogen (secondary N) is 1. The van der Waals surface area contributed by atoms with Crippen LogP contribution < -0.4 is 19.7 Å². The fourth-order valence-electron chi connectivity index (χ4n) is 2.65. The van der Waals surface area contributed by atoms with Crippen LogP contribution in [0.3, 0.4) is 0 Å². The summed E-state index contributed by atoms with van der Waals surface area (Å²) in [6.45, 7) is 5.80. The summed E-state index contributed by atoms with van der Waals surface area (Å²) in [6, 6.07) is 11.0. The van der Waals surface area contributed by atoms with Gasteiger partial charge in [0.05, 0.1) is 31.7 Å². The maximum absolute atomic E-state index is 12.1. The van der Waals surface area contributed by atoms with Crippen molar-refractivity contribution in [2.45, 2.75) is 13.3 Å². The van der Waals surface area contributed by atoms with Crippen molar-refractivity contribution in [3.8, 4) is 11.5 Å². The van der Waals surface area contributed by atoms with Crippen LogP contribution in [0.4, 0.5) is 11.5 Å². The Morgan fingerprint density at radius 1 is 1.11 bits per heavy atom. The van der Waals surface area contributed by atoms with Crippen LogP contribution in [0.5, 0.6) is 11.5 Å². The molecule has 1 amide bonds. The molecule has 7 heteroatoms. The van der Waals surface area contributed by atoms with Crippen LogP contribution in [0.1, 0.15) is 13.3 Å². The molecule has 0 saturated carbocycles. The molecule has 1 N–H and O–H groups in total. The lowest BCUT2D eigenvalue weighted by Crippen LogP contribution is -2.36. The molecule has 1 aliphatic heterocycles. The van der Waals surface area contributed by atoms with Gasteiger partial charge in [-0.1, -0.05) is 6.92 Å². The fourth-order valence-corrected chi connectivity index (χ4v) is 2.65. The Morgan fingerprint density at radius 2 is 1.81 bits per heavy atom. The number of nitrogens with zero attached hydrogens (tertiary/aromatic N) is 2. The molecule has 0 bridgehead atoms. The van der Waals surface area contributed by atoms with Gasteiger partial charge in [-0.15, -0.1) is 0 Å². The van der Waals surface area contributed by atoms with Crippen molar-refractivity contribution < 1.29 is 19.0 Å². The number of hydrogen-bond acceptors (Lipinski definition) is 6. The third kappa shape index (κ3) is 5.86. The molecule has 27 heavy (non-hydrogen) atoms. The second-order valence-corrected chi connectivity index (χ2v) is 6.16. The van der Waals surface area contributed by atoms with E-state index in [2.05, 4.69) is 22.1 Å². The average Bonchev–Trinajstić information content (AvgIpc) is 2.73. The van der Waals surface area contributed by atoms with E-state index in [1.807, 2.05) is 18.2 Å². The summed E-state index contributed by atoms with van der Waals surface area (Å²) in [5, 5.41) is 2.74. The zero-order chi connectivity index (χ0) is 18.9. The smallest absolute Gasteiger partial charge is 0.263 e. The minimum atomic E-state index is -0.257. The molecule has 7 nitrogen and oxygen atoms in total. The first-order valence-corrected chi connectivity index (χ1v) is 9.19. The Hall–Kier alpha value is -2.80. The molecule has 144 valence electrons. The lowest BCUT2D eigenvalue weighted by Gasteiger charge is -2.28. The van der Waals surface area contributed by atoms with E-state index in [1.165, 1.54) is 0 Å². The maximum atomic E-state index is 12.1. The number of pyridine rings is 1. The normalized spacial score (nSPS) is 13.9. The maximum Gasteiger partial charge on any atom is 0.263 e. The summed E-state index contributed by atoms with van der Waals surface area (Å²) in [7, 11) is 0. The minimum Gasteiger partial charge on any atom is -0.494 e. The second kappa shape index (κ2) is 9.78. The van der Waals surface area contributed by atoms with Crippen LogP contribution in [-0.2, 0) is 9.53 Å². The van der Waals surface area contributed by atoms with Gasteiger partial charge >= 0.3 is 0 Å². The summed E-state index contributed by atoms with van der Waals surface area (Å²) in [4.78, 5) is 18.6. The molecule has 1 aromatic heterocycles. The number of aromatic nitrogens is 1. The molecule has 0 aliphatic carbocycles. The number of hydrogen-bond donors (Lipinski definition) is 1. The Morgan fingerprint density at radius 3 is 2.44 bits per heavy atom. The molecule has 1 aromatic carbocycles. The van der Waals surface area contributed by atoms with Crippen molar-refractivity contribution in [2.24, 2.45) is 0 Å². The van der Waals surface area contributed by atoms with Gasteiger partial charge in [0, 0.05) is 13.1 Å². The third-order valence-corrected chi connectivity index (χ3v) is 4.06. The monoisotopic (exact) mass is 371 g/mol. The van der Waals surface area contributed by atoms with E-state index in [-0.39, 0.29) is 12.5 Å². The molecule has 1 fully saturated rings. The van der Waals surface area contributed by atoms with Crippen molar-refractivity contribution in [1.82, 2.24) is 4.98 Å². The number of carbonyl (C=O) groups excluding carboxylic acids is 1. The fraction of sp³-hybridized carbons (Fsp3) is 0.400. The average molecular weight is 371 g/mol. The van der Waals surface area contributed by atoms with Gasteiger partial charge in [-0.05, 0) is 42.8 Å². The van der Waals surface area contributed by atoms with E-state index in [9.17, 15) is 4.79 Å². The predicted molar refractivity (Wildman–Crippen MR) is 104 cm³/mol. The molecule has 2 heterocycles. The zero-order valence-corrected chi connectivity index (χ0v) is 15.5. The van der Waals surface area contributed by atoms with Gasteiger partial charge in [0.15, 0.2) is 6.61 Å². The largest absolute Gasteiger partial charge is 0.494 e. The molecule has 3 rings (SSSR count). The van der Waals surface area contributed by atoms with Gasteiger partial charge in [0.2, 0.25) is 0 Å². The van der Waals surface area contributed by atoms with Gasteiger partial charge in [-0.25, -0.2) is 4.98 Å². The molecule has 1 saturated heterocycles. The van der Waals surface area contributed by atoms with E-state index < -0.39 is 0 Å². The van der Waals surface area contributed by atoms with Gasteiger partial charge in [0.25, 0.3) is 5.91 Å². The Labute approximate surface area is 159 Å². The number of ether oxygens (including phenoxy) is 3. The third-order valence-electron chi connectivity index (χ3n) is 4.06. The number of carbonyl (C=O) groups is 1. The molecule has 1 aliphatic rings. The highest BCUT2D eigenvalue weighted by atomic mass is 16.5. The van der Waals surface area contributed by atoms with Crippen LogP contribution in [0, 0.1) is 0 Å². The number of benzene rings is 1. The van der Waals surface area contributed by atoms with Gasteiger partial charge in [0.1, 0.15) is 17.3 Å². The van der Waals surface area contributed by atoms with Gasteiger partial charge in [-0.3, -0.25) is 4.79 Å². The van der Waals surface area contributed by atoms with Gasteiger partial charge < -0.3 is 24.4 Å². The first kappa shape index (κ1) is 19.0. The summed E-state index contributed by atoms with van der Waals surface area (Å²) in [5.74, 6) is 1.65. The lowest BCUT2D eigenvalue weighted by atomic mass is 10.3. The van der Waals surface area contributed by atoms with Crippen molar-refractivity contribution in [3.63, 3.8) is 0 Å².